The second-order valence-corrected chi connectivity index (χ2v) is 8.00. The first kappa shape index (κ1) is 17.2. The summed E-state index contributed by atoms with van der Waals surface area (Å²) in [5, 5.41) is 4.39. The Kier molecular flexibility index (Phi) is 5.25. The lowest BCUT2D eigenvalue weighted by atomic mass is 9.81. The molecule has 1 aliphatic carbocycles. The fourth-order valence-corrected chi connectivity index (χ4v) is 4.64. The molecule has 0 bridgehead atoms. The predicted octanol–water partition coefficient (Wildman–Crippen LogP) is 6.26. The molecule has 0 amide bonds. The molecule has 1 aromatic heterocycles. The van der Waals surface area contributed by atoms with E-state index in [9.17, 15) is 4.91 Å². The van der Waals surface area contributed by atoms with E-state index in [2.05, 4.69) is 16.2 Å². The van der Waals surface area contributed by atoms with Crippen LogP contribution in [-0.4, -0.2) is 4.98 Å². The number of nitroso groups, excluding NO2 is 1. The van der Waals surface area contributed by atoms with Crippen molar-refractivity contribution in [2.75, 3.05) is 0 Å². The van der Waals surface area contributed by atoms with Gasteiger partial charge in [0.25, 0.3) is 0 Å². The third kappa shape index (κ3) is 3.78. The summed E-state index contributed by atoms with van der Waals surface area (Å²) in [6, 6.07) is 15.7. The molecule has 1 unspecified atom stereocenters. The summed E-state index contributed by atoms with van der Waals surface area (Å²) in [6.07, 6.45) is 5.90. The quantitative estimate of drug-likeness (QED) is 0.484. The number of para-hydroxylation sites is 1. The van der Waals surface area contributed by atoms with Crippen LogP contribution in [0, 0.1) is 10.8 Å². The van der Waals surface area contributed by atoms with Crippen molar-refractivity contribution >= 4 is 21.6 Å². The Balaban J connectivity index is 1.41. The summed E-state index contributed by atoms with van der Waals surface area (Å²) in [5.41, 5.74) is 2.01. The van der Waals surface area contributed by atoms with E-state index >= 15 is 0 Å². The van der Waals surface area contributed by atoms with Gasteiger partial charge < -0.3 is 4.74 Å². The summed E-state index contributed by atoms with van der Waals surface area (Å²) in [4.78, 5) is 16.0. The Morgan fingerprint density at radius 3 is 2.58 bits per heavy atom. The van der Waals surface area contributed by atoms with Crippen LogP contribution in [0.5, 0.6) is 5.75 Å². The van der Waals surface area contributed by atoms with Gasteiger partial charge >= 0.3 is 0 Å². The number of thiazole rings is 1. The number of hydrogen-bond acceptors (Lipinski definition) is 5. The van der Waals surface area contributed by atoms with Crippen LogP contribution in [0.3, 0.4) is 0 Å². The lowest BCUT2D eigenvalue weighted by Gasteiger charge is -2.25. The standard InChI is InChI=1S/C21H22N2O2S/c24-23-21(15-6-2-1-3-7-15)16-10-12-17(13-11-16)25-14-20-22-18-8-4-5-9-19(18)26-20/h4-5,8-13,15,21H,1-3,6-7,14H2. The van der Waals surface area contributed by atoms with E-state index in [0.717, 1.165) is 34.7 Å². The largest absolute Gasteiger partial charge is 0.486 e. The van der Waals surface area contributed by atoms with Crippen molar-refractivity contribution in [3.8, 4) is 5.75 Å². The normalized spacial score (nSPS) is 16.5. The molecule has 0 saturated heterocycles. The lowest BCUT2D eigenvalue weighted by molar-refractivity contribution is 0.302. The molecule has 2 aromatic carbocycles. The van der Waals surface area contributed by atoms with E-state index in [1.165, 1.54) is 24.0 Å². The molecule has 4 rings (SSSR count). The lowest BCUT2D eigenvalue weighted by Crippen LogP contribution is -2.14. The van der Waals surface area contributed by atoms with E-state index in [4.69, 9.17) is 4.74 Å². The topological polar surface area (TPSA) is 51.5 Å². The highest BCUT2D eigenvalue weighted by Gasteiger charge is 2.25. The number of ether oxygens (including phenoxy) is 1. The summed E-state index contributed by atoms with van der Waals surface area (Å²) < 4.78 is 7.05. The van der Waals surface area contributed by atoms with Crippen molar-refractivity contribution in [1.29, 1.82) is 0 Å². The molecule has 1 aliphatic rings. The van der Waals surface area contributed by atoms with Crippen LogP contribution in [0.25, 0.3) is 10.2 Å². The fourth-order valence-electron chi connectivity index (χ4n) is 3.76. The average molecular weight is 366 g/mol. The molecule has 0 spiro atoms. The first-order chi connectivity index (χ1) is 12.8. The molecular formula is C21H22N2O2S. The second kappa shape index (κ2) is 7.96. The zero-order valence-electron chi connectivity index (χ0n) is 14.6. The van der Waals surface area contributed by atoms with Gasteiger partial charge in [-0.2, -0.15) is 4.91 Å². The molecule has 1 heterocycles. The van der Waals surface area contributed by atoms with Gasteiger partial charge in [0.05, 0.1) is 10.2 Å². The van der Waals surface area contributed by atoms with Gasteiger partial charge in [0, 0.05) is 0 Å². The highest BCUT2D eigenvalue weighted by atomic mass is 32.1. The number of hydrogen-bond donors (Lipinski definition) is 0. The van der Waals surface area contributed by atoms with Gasteiger partial charge in [0.15, 0.2) is 0 Å². The van der Waals surface area contributed by atoms with Crippen LogP contribution in [-0.2, 0) is 6.61 Å². The monoisotopic (exact) mass is 366 g/mol. The molecule has 1 atom stereocenters. The van der Waals surface area contributed by atoms with Gasteiger partial charge in [-0.05, 0) is 48.6 Å². The molecule has 0 N–H and O–H groups in total. The number of aromatic nitrogens is 1. The number of fused-ring (bicyclic) bond motifs is 1. The van der Waals surface area contributed by atoms with Gasteiger partial charge in [0.2, 0.25) is 0 Å². The first-order valence-electron chi connectivity index (χ1n) is 9.23. The molecule has 0 aliphatic heterocycles. The predicted molar refractivity (Wildman–Crippen MR) is 106 cm³/mol. The van der Waals surface area contributed by atoms with Crippen molar-refractivity contribution in [2.45, 2.75) is 44.8 Å². The Bertz CT molecular complexity index is 836. The average Bonchev–Trinajstić information content (AvgIpc) is 3.12. The summed E-state index contributed by atoms with van der Waals surface area (Å²) in [7, 11) is 0. The first-order valence-corrected chi connectivity index (χ1v) is 10.0. The van der Waals surface area contributed by atoms with E-state index in [1.54, 1.807) is 11.3 Å². The van der Waals surface area contributed by atoms with Crippen LogP contribution in [0.2, 0.25) is 0 Å². The maximum Gasteiger partial charge on any atom is 0.140 e. The third-order valence-corrected chi connectivity index (χ3v) is 6.14. The molecule has 1 saturated carbocycles. The minimum Gasteiger partial charge on any atom is -0.486 e. The minimum atomic E-state index is -0.228. The van der Waals surface area contributed by atoms with Crippen LogP contribution in [0.4, 0.5) is 0 Å². The highest BCUT2D eigenvalue weighted by molar-refractivity contribution is 7.18. The van der Waals surface area contributed by atoms with E-state index in [-0.39, 0.29) is 6.04 Å². The number of nitrogens with zero attached hydrogens (tertiary/aromatic N) is 2. The summed E-state index contributed by atoms with van der Waals surface area (Å²) >= 11 is 1.65. The van der Waals surface area contributed by atoms with Gasteiger partial charge in [0.1, 0.15) is 23.4 Å². The molecule has 0 radical (unpaired) electrons. The molecule has 1 fully saturated rings. The van der Waals surface area contributed by atoms with Gasteiger partial charge in [-0.15, -0.1) is 11.3 Å². The van der Waals surface area contributed by atoms with Crippen molar-refractivity contribution < 1.29 is 4.74 Å². The Labute approximate surface area is 157 Å². The molecule has 134 valence electrons. The van der Waals surface area contributed by atoms with Crippen molar-refractivity contribution in [1.82, 2.24) is 4.98 Å². The molecule has 26 heavy (non-hydrogen) atoms. The summed E-state index contributed by atoms with van der Waals surface area (Å²) in [5.74, 6) is 1.18. The van der Waals surface area contributed by atoms with E-state index in [0.29, 0.717) is 12.5 Å². The van der Waals surface area contributed by atoms with Crippen molar-refractivity contribution in [2.24, 2.45) is 11.1 Å². The van der Waals surface area contributed by atoms with Crippen molar-refractivity contribution in [3.05, 3.63) is 64.0 Å². The van der Waals surface area contributed by atoms with Crippen LogP contribution in [0.15, 0.2) is 53.7 Å². The molecule has 5 heteroatoms. The zero-order valence-corrected chi connectivity index (χ0v) is 15.5. The van der Waals surface area contributed by atoms with Gasteiger partial charge in [-0.1, -0.05) is 48.7 Å². The number of benzene rings is 2. The maximum absolute atomic E-state index is 11.4. The molecule has 3 aromatic rings. The van der Waals surface area contributed by atoms with Crippen LogP contribution >= 0.6 is 11.3 Å². The van der Waals surface area contributed by atoms with Crippen molar-refractivity contribution in [3.63, 3.8) is 0 Å². The minimum absolute atomic E-state index is 0.228. The second-order valence-electron chi connectivity index (χ2n) is 6.88. The molecular weight excluding hydrogens is 344 g/mol. The Morgan fingerprint density at radius 2 is 1.85 bits per heavy atom. The fraction of sp³-hybridized carbons (Fsp3) is 0.381. The smallest absolute Gasteiger partial charge is 0.140 e. The third-order valence-electron chi connectivity index (χ3n) is 5.13. The summed E-state index contributed by atoms with van der Waals surface area (Å²) in [6.45, 7) is 0.455. The Morgan fingerprint density at radius 1 is 1.08 bits per heavy atom. The zero-order chi connectivity index (χ0) is 17.8. The van der Waals surface area contributed by atoms with E-state index in [1.807, 2.05) is 42.5 Å². The molecule has 4 nitrogen and oxygen atoms in total. The maximum atomic E-state index is 11.4. The SMILES string of the molecule is O=NC(c1ccc(OCc2nc3ccccc3s2)cc1)C1CCCCC1. The van der Waals surface area contributed by atoms with Crippen LogP contribution < -0.4 is 4.74 Å². The highest BCUT2D eigenvalue weighted by Crippen LogP contribution is 2.37. The van der Waals surface area contributed by atoms with E-state index < -0.39 is 0 Å². The van der Waals surface area contributed by atoms with Gasteiger partial charge in [-0.3, -0.25) is 0 Å². The van der Waals surface area contributed by atoms with Crippen LogP contribution in [0.1, 0.15) is 48.7 Å². The Hall–Kier alpha value is -2.27. The number of rotatable bonds is 6. The van der Waals surface area contributed by atoms with Gasteiger partial charge in [-0.25, -0.2) is 4.98 Å².